The molecule has 0 aliphatic rings. The summed E-state index contributed by atoms with van der Waals surface area (Å²) in [6, 6.07) is 10.7. The van der Waals surface area contributed by atoms with E-state index in [9.17, 15) is 27.5 Å². The van der Waals surface area contributed by atoms with Gasteiger partial charge >= 0.3 is 5.97 Å². The minimum atomic E-state index is -3.68. The second kappa shape index (κ2) is 8.30. The van der Waals surface area contributed by atoms with Crippen LogP contribution in [0.15, 0.2) is 53.4 Å². The van der Waals surface area contributed by atoms with Gasteiger partial charge in [-0.3, -0.25) is 9.59 Å². The molecule has 2 aromatic rings. The number of aliphatic carboxylic acids is 1. The Morgan fingerprint density at radius 3 is 2.22 bits per heavy atom. The van der Waals surface area contributed by atoms with Gasteiger partial charge in [0.2, 0.25) is 0 Å². The number of carbonyl (C=O) groups excluding carboxylic acids is 1. The van der Waals surface area contributed by atoms with Gasteiger partial charge in [-0.1, -0.05) is 24.3 Å². The van der Waals surface area contributed by atoms with Crippen molar-refractivity contribution >= 4 is 21.7 Å². The number of halogens is 1. The number of amides is 1. The van der Waals surface area contributed by atoms with E-state index < -0.39 is 38.7 Å². The number of rotatable bonds is 7. The van der Waals surface area contributed by atoms with E-state index in [1.165, 1.54) is 50.2 Å². The standard InChI is InChI=1S/C19H20FNO5S/c1-12(2)27(25,26)17-6-4-3-5-15(17)18(22)21-11-16(19(23)24)13-7-9-14(20)10-8-13/h3-10,12,16H,11H2,1-2H3,(H,21,22)(H,23,24). The first-order valence-electron chi connectivity index (χ1n) is 8.24. The zero-order valence-electron chi connectivity index (χ0n) is 14.8. The van der Waals surface area contributed by atoms with E-state index in [1.807, 2.05) is 0 Å². The summed E-state index contributed by atoms with van der Waals surface area (Å²) < 4.78 is 37.9. The molecule has 1 unspecified atom stereocenters. The Morgan fingerprint density at radius 1 is 1.07 bits per heavy atom. The van der Waals surface area contributed by atoms with Crippen LogP contribution >= 0.6 is 0 Å². The third-order valence-corrected chi connectivity index (χ3v) is 6.31. The Morgan fingerprint density at radius 2 is 1.67 bits per heavy atom. The maximum Gasteiger partial charge on any atom is 0.312 e. The van der Waals surface area contributed by atoms with Crippen molar-refractivity contribution in [3.63, 3.8) is 0 Å². The fraction of sp³-hybridized carbons (Fsp3) is 0.263. The molecule has 144 valence electrons. The van der Waals surface area contributed by atoms with Crippen molar-refractivity contribution in [2.24, 2.45) is 0 Å². The van der Waals surface area contributed by atoms with Crippen LogP contribution in [0.5, 0.6) is 0 Å². The van der Waals surface area contributed by atoms with Crippen LogP contribution in [-0.4, -0.2) is 37.2 Å². The molecule has 0 aromatic heterocycles. The van der Waals surface area contributed by atoms with Gasteiger partial charge in [-0.25, -0.2) is 12.8 Å². The number of hydrogen-bond donors (Lipinski definition) is 2. The predicted molar refractivity (Wildman–Crippen MR) is 97.9 cm³/mol. The van der Waals surface area contributed by atoms with Crippen molar-refractivity contribution in [3.05, 3.63) is 65.5 Å². The highest BCUT2D eigenvalue weighted by Gasteiger charge is 2.26. The van der Waals surface area contributed by atoms with Crippen LogP contribution in [-0.2, 0) is 14.6 Å². The number of hydrogen-bond acceptors (Lipinski definition) is 4. The van der Waals surface area contributed by atoms with Crippen molar-refractivity contribution in [1.82, 2.24) is 5.32 Å². The molecule has 27 heavy (non-hydrogen) atoms. The SMILES string of the molecule is CC(C)S(=O)(=O)c1ccccc1C(=O)NCC(C(=O)O)c1ccc(F)cc1. The molecule has 2 aromatic carbocycles. The first-order chi connectivity index (χ1) is 12.6. The molecule has 2 N–H and O–H groups in total. The molecule has 0 aliphatic heterocycles. The summed E-state index contributed by atoms with van der Waals surface area (Å²) in [5.74, 6) is -3.48. The molecule has 2 rings (SSSR count). The second-order valence-electron chi connectivity index (χ2n) is 6.24. The van der Waals surface area contributed by atoms with Crippen LogP contribution in [0.4, 0.5) is 4.39 Å². The van der Waals surface area contributed by atoms with Gasteiger partial charge in [-0.2, -0.15) is 0 Å². The van der Waals surface area contributed by atoms with Crippen molar-refractivity contribution in [2.45, 2.75) is 29.9 Å². The Hall–Kier alpha value is -2.74. The topological polar surface area (TPSA) is 101 Å². The van der Waals surface area contributed by atoms with Crippen molar-refractivity contribution in [2.75, 3.05) is 6.54 Å². The van der Waals surface area contributed by atoms with Crippen LogP contribution in [0.2, 0.25) is 0 Å². The number of carboxylic acid groups (broad SMARTS) is 1. The van der Waals surface area contributed by atoms with E-state index in [4.69, 9.17) is 0 Å². The molecule has 6 nitrogen and oxygen atoms in total. The fourth-order valence-electron chi connectivity index (χ4n) is 2.49. The third kappa shape index (κ3) is 4.71. The van der Waals surface area contributed by atoms with Gasteiger partial charge in [0, 0.05) is 6.54 Å². The van der Waals surface area contributed by atoms with E-state index in [2.05, 4.69) is 5.32 Å². The first-order valence-corrected chi connectivity index (χ1v) is 9.78. The second-order valence-corrected chi connectivity index (χ2v) is 8.71. The molecule has 8 heteroatoms. The smallest absolute Gasteiger partial charge is 0.312 e. The summed E-state index contributed by atoms with van der Waals surface area (Å²) in [5, 5.41) is 11.2. The van der Waals surface area contributed by atoms with Gasteiger partial charge in [-0.15, -0.1) is 0 Å². The molecule has 0 heterocycles. The molecule has 0 saturated heterocycles. The van der Waals surface area contributed by atoms with Crippen molar-refractivity contribution in [1.29, 1.82) is 0 Å². The monoisotopic (exact) mass is 393 g/mol. The molecule has 0 bridgehead atoms. The number of carboxylic acids is 1. The van der Waals surface area contributed by atoms with Crippen LogP contribution in [0.1, 0.15) is 35.7 Å². The highest BCUT2D eigenvalue weighted by Crippen LogP contribution is 2.21. The lowest BCUT2D eigenvalue weighted by atomic mass is 9.99. The average molecular weight is 393 g/mol. The largest absolute Gasteiger partial charge is 0.481 e. The normalized spacial score (nSPS) is 12.6. The minimum absolute atomic E-state index is 0.0468. The molecule has 0 saturated carbocycles. The maximum absolute atomic E-state index is 13.0. The Kier molecular flexibility index (Phi) is 6.32. The van der Waals surface area contributed by atoms with Crippen LogP contribution in [0, 0.1) is 5.82 Å². The predicted octanol–water partition coefficient (Wildman–Crippen LogP) is 2.61. The summed E-state index contributed by atoms with van der Waals surface area (Å²) >= 11 is 0. The molecular weight excluding hydrogens is 373 g/mol. The van der Waals surface area contributed by atoms with Crippen molar-refractivity contribution < 1.29 is 27.5 Å². The Balaban J connectivity index is 2.25. The molecule has 0 aliphatic carbocycles. The summed E-state index contributed by atoms with van der Waals surface area (Å²) in [6.45, 7) is 2.76. The molecule has 0 radical (unpaired) electrons. The van der Waals surface area contributed by atoms with Gasteiger partial charge < -0.3 is 10.4 Å². The molecule has 0 fully saturated rings. The molecular formula is C19H20FNO5S. The van der Waals surface area contributed by atoms with E-state index in [-0.39, 0.29) is 17.0 Å². The average Bonchev–Trinajstić information content (AvgIpc) is 2.62. The highest BCUT2D eigenvalue weighted by atomic mass is 32.2. The van der Waals surface area contributed by atoms with Gasteiger partial charge in [-0.05, 0) is 43.7 Å². The highest BCUT2D eigenvalue weighted by molar-refractivity contribution is 7.92. The van der Waals surface area contributed by atoms with E-state index >= 15 is 0 Å². The van der Waals surface area contributed by atoms with E-state index in [1.54, 1.807) is 0 Å². The van der Waals surface area contributed by atoms with Crippen LogP contribution < -0.4 is 5.32 Å². The molecule has 1 atom stereocenters. The van der Waals surface area contributed by atoms with Gasteiger partial charge in [0.05, 0.1) is 21.6 Å². The third-order valence-electron chi connectivity index (χ3n) is 4.10. The van der Waals surface area contributed by atoms with Crippen LogP contribution in [0.25, 0.3) is 0 Å². The first kappa shape index (κ1) is 20.6. The van der Waals surface area contributed by atoms with Gasteiger partial charge in [0.15, 0.2) is 9.84 Å². The van der Waals surface area contributed by atoms with Crippen LogP contribution in [0.3, 0.4) is 0 Å². The van der Waals surface area contributed by atoms with Gasteiger partial charge in [0.25, 0.3) is 5.91 Å². The zero-order valence-corrected chi connectivity index (χ0v) is 15.7. The maximum atomic E-state index is 13.0. The molecule has 0 spiro atoms. The van der Waals surface area contributed by atoms with Crippen molar-refractivity contribution in [3.8, 4) is 0 Å². The number of sulfone groups is 1. The van der Waals surface area contributed by atoms with E-state index in [0.717, 1.165) is 12.1 Å². The Bertz CT molecular complexity index is 939. The number of nitrogens with one attached hydrogen (secondary N) is 1. The lowest BCUT2D eigenvalue weighted by molar-refractivity contribution is -0.138. The lowest BCUT2D eigenvalue weighted by Gasteiger charge is -2.16. The quantitative estimate of drug-likeness (QED) is 0.753. The summed E-state index contributed by atoms with van der Waals surface area (Å²) in [6.07, 6.45) is 0. The summed E-state index contributed by atoms with van der Waals surface area (Å²) in [5.41, 5.74) is 0.279. The summed E-state index contributed by atoms with van der Waals surface area (Å²) in [7, 11) is -3.68. The van der Waals surface area contributed by atoms with Gasteiger partial charge in [0.1, 0.15) is 5.82 Å². The Labute approximate surface area is 157 Å². The number of carbonyl (C=O) groups is 2. The minimum Gasteiger partial charge on any atom is -0.481 e. The molecule has 1 amide bonds. The zero-order chi connectivity index (χ0) is 20.2. The lowest BCUT2D eigenvalue weighted by Crippen LogP contribution is -2.33. The number of benzene rings is 2. The fourth-order valence-corrected chi connectivity index (χ4v) is 3.73. The van der Waals surface area contributed by atoms with E-state index in [0.29, 0.717) is 5.56 Å². The summed E-state index contributed by atoms with van der Waals surface area (Å²) in [4.78, 5) is 23.9.